The smallest absolute Gasteiger partial charge is 0.392 e. The van der Waals surface area contributed by atoms with Gasteiger partial charge >= 0.3 is 7.25 Å². The van der Waals surface area contributed by atoms with Gasteiger partial charge in [-0.25, -0.2) is 0 Å². The van der Waals surface area contributed by atoms with Gasteiger partial charge in [-0.15, -0.1) is 0 Å². The normalized spacial score (nSPS) is 14.6. The van der Waals surface area contributed by atoms with Crippen molar-refractivity contribution in [1.82, 2.24) is 0 Å². The van der Waals surface area contributed by atoms with Crippen molar-refractivity contribution in [2.24, 2.45) is 0 Å². The van der Waals surface area contributed by atoms with Crippen LogP contribution in [0.3, 0.4) is 0 Å². The molecule has 3 nitrogen and oxygen atoms in total. The molecule has 1 aromatic rings. The predicted octanol–water partition coefficient (Wildman–Crippen LogP) is 2.43. The largest absolute Gasteiger partial charge is 0.590 e. The van der Waals surface area contributed by atoms with Crippen LogP contribution in [-0.2, 0) is 15.9 Å². The molecule has 0 radical (unpaired) electrons. The van der Waals surface area contributed by atoms with E-state index in [4.69, 9.17) is 9.31 Å². The van der Waals surface area contributed by atoms with Crippen molar-refractivity contribution in [3.05, 3.63) is 29.8 Å². The molecular formula is C11H16BNO2. The first-order chi connectivity index (χ1) is 7.40. The van der Waals surface area contributed by atoms with Gasteiger partial charge in [0.2, 0.25) is 0 Å². The lowest BCUT2D eigenvalue weighted by Gasteiger charge is -2.23. The summed E-state index contributed by atoms with van der Waals surface area (Å²) in [4.78, 5) is 0. The number of hydrogen-bond acceptors (Lipinski definition) is 3. The minimum atomic E-state index is -0.286. The molecule has 1 aromatic carbocycles. The fourth-order valence-corrected chi connectivity index (χ4v) is 1.55. The number of para-hydroxylation sites is 1. The summed E-state index contributed by atoms with van der Waals surface area (Å²) in [6.45, 7) is 3.52. The molecule has 0 spiro atoms. The summed E-state index contributed by atoms with van der Waals surface area (Å²) in [6, 6.07) is 8.14. The Bertz CT molecular complexity index is 319. The summed E-state index contributed by atoms with van der Waals surface area (Å²) in [5.41, 5.74) is 2.30. The molecule has 4 heteroatoms. The van der Waals surface area contributed by atoms with Gasteiger partial charge < -0.3 is 14.5 Å². The predicted molar refractivity (Wildman–Crippen MR) is 61.5 cm³/mol. The van der Waals surface area contributed by atoms with Crippen molar-refractivity contribution in [2.45, 2.75) is 26.4 Å². The van der Waals surface area contributed by atoms with E-state index in [1.54, 1.807) is 0 Å². The Kier molecular flexibility index (Phi) is 3.64. The molecule has 0 saturated heterocycles. The fourth-order valence-electron chi connectivity index (χ4n) is 1.55. The first kappa shape index (κ1) is 10.5. The topological polar surface area (TPSA) is 30.5 Å². The summed E-state index contributed by atoms with van der Waals surface area (Å²) < 4.78 is 11.1. The highest BCUT2D eigenvalue weighted by atomic mass is 16.6. The maximum absolute atomic E-state index is 5.55. The third kappa shape index (κ3) is 2.73. The van der Waals surface area contributed by atoms with E-state index in [2.05, 4.69) is 18.2 Å². The van der Waals surface area contributed by atoms with Crippen LogP contribution in [-0.4, -0.2) is 13.9 Å². The molecule has 0 unspecified atom stereocenters. The monoisotopic (exact) mass is 205 g/mol. The Morgan fingerprint density at radius 1 is 1.47 bits per heavy atom. The van der Waals surface area contributed by atoms with Crippen LogP contribution in [0, 0.1) is 0 Å². The maximum atomic E-state index is 5.55. The van der Waals surface area contributed by atoms with Crippen molar-refractivity contribution < 1.29 is 9.31 Å². The fraction of sp³-hybridized carbons (Fsp3) is 0.455. The second kappa shape index (κ2) is 5.19. The zero-order valence-corrected chi connectivity index (χ0v) is 9.03. The Balaban J connectivity index is 1.88. The number of fused-ring (bicyclic) bond motifs is 1. The quantitative estimate of drug-likeness (QED) is 0.604. The van der Waals surface area contributed by atoms with Crippen LogP contribution < -0.4 is 5.23 Å². The summed E-state index contributed by atoms with van der Waals surface area (Å²) >= 11 is 0. The lowest BCUT2D eigenvalue weighted by atomic mass is 10.0. The number of rotatable bonds is 4. The molecule has 1 heterocycles. The molecule has 80 valence electrons. The molecular weight excluding hydrogens is 189 g/mol. The Hall–Kier alpha value is -0.995. The van der Waals surface area contributed by atoms with Crippen LogP contribution in [0.15, 0.2) is 24.3 Å². The van der Waals surface area contributed by atoms with E-state index in [9.17, 15) is 0 Å². The zero-order valence-electron chi connectivity index (χ0n) is 9.03. The molecule has 0 amide bonds. The molecule has 0 aromatic heterocycles. The van der Waals surface area contributed by atoms with E-state index in [0.717, 1.165) is 25.1 Å². The number of hydrogen-bond donors (Lipinski definition) is 1. The van der Waals surface area contributed by atoms with Gasteiger partial charge in [0.1, 0.15) is 0 Å². The minimum absolute atomic E-state index is 0.286. The van der Waals surface area contributed by atoms with Crippen molar-refractivity contribution in [1.29, 1.82) is 0 Å². The number of benzene rings is 1. The third-order valence-corrected chi connectivity index (χ3v) is 2.45. The van der Waals surface area contributed by atoms with Crippen LogP contribution in [0.5, 0.6) is 0 Å². The Morgan fingerprint density at radius 3 is 3.20 bits per heavy atom. The Morgan fingerprint density at radius 2 is 2.33 bits per heavy atom. The molecule has 1 aliphatic rings. The molecule has 2 rings (SSSR count). The molecule has 15 heavy (non-hydrogen) atoms. The summed E-state index contributed by atoms with van der Waals surface area (Å²) in [6.07, 6.45) is 2.21. The standard InChI is InChI=1S/C11H16BNO2/c1-2-3-8-14-12-13-11-7-5-4-6-10(11)9-15-12/h4-7,13H,2-3,8-9H2,1H3. The molecule has 0 saturated carbocycles. The molecule has 1 N–H and O–H groups in total. The van der Waals surface area contributed by atoms with Gasteiger partial charge in [0, 0.05) is 12.3 Å². The molecule has 1 aliphatic heterocycles. The zero-order chi connectivity index (χ0) is 10.5. The number of nitrogens with one attached hydrogen (secondary N) is 1. The van der Waals surface area contributed by atoms with E-state index in [0.29, 0.717) is 6.61 Å². The lowest BCUT2D eigenvalue weighted by molar-refractivity contribution is 0.188. The van der Waals surface area contributed by atoms with Gasteiger partial charge in [-0.3, -0.25) is 0 Å². The minimum Gasteiger partial charge on any atom is -0.392 e. The van der Waals surface area contributed by atoms with Gasteiger partial charge in [0.15, 0.2) is 0 Å². The first-order valence-electron chi connectivity index (χ1n) is 5.48. The average molecular weight is 205 g/mol. The second-order valence-electron chi connectivity index (χ2n) is 3.67. The second-order valence-corrected chi connectivity index (χ2v) is 3.67. The SMILES string of the molecule is CCCCOB1Nc2ccccc2CO1. The summed E-state index contributed by atoms with van der Waals surface area (Å²) in [7, 11) is -0.286. The summed E-state index contributed by atoms with van der Waals surface area (Å²) in [5, 5.41) is 3.21. The molecule has 0 bridgehead atoms. The van der Waals surface area contributed by atoms with Gasteiger partial charge in [-0.1, -0.05) is 31.5 Å². The lowest BCUT2D eigenvalue weighted by Crippen LogP contribution is -2.36. The van der Waals surface area contributed by atoms with E-state index in [-0.39, 0.29) is 7.25 Å². The van der Waals surface area contributed by atoms with Crippen molar-refractivity contribution in [3.8, 4) is 0 Å². The summed E-state index contributed by atoms with van der Waals surface area (Å²) in [5.74, 6) is 0. The molecule has 0 aliphatic carbocycles. The van der Waals surface area contributed by atoms with E-state index in [1.807, 2.05) is 18.2 Å². The molecule has 0 fully saturated rings. The maximum Gasteiger partial charge on any atom is 0.590 e. The Labute approximate surface area is 90.9 Å². The number of anilines is 1. The van der Waals surface area contributed by atoms with Gasteiger partial charge in [-0.05, 0) is 18.1 Å². The van der Waals surface area contributed by atoms with Crippen LogP contribution in [0.1, 0.15) is 25.3 Å². The van der Waals surface area contributed by atoms with Gasteiger partial charge in [-0.2, -0.15) is 0 Å². The van der Waals surface area contributed by atoms with Crippen LogP contribution in [0.4, 0.5) is 5.69 Å². The highest BCUT2D eigenvalue weighted by molar-refractivity contribution is 6.49. The number of unbranched alkanes of at least 4 members (excludes halogenated alkanes) is 1. The van der Waals surface area contributed by atoms with E-state index >= 15 is 0 Å². The van der Waals surface area contributed by atoms with Crippen LogP contribution >= 0.6 is 0 Å². The van der Waals surface area contributed by atoms with E-state index in [1.165, 1.54) is 5.56 Å². The van der Waals surface area contributed by atoms with Gasteiger partial charge in [0.25, 0.3) is 0 Å². The van der Waals surface area contributed by atoms with Crippen molar-refractivity contribution in [3.63, 3.8) is 0 Å². The van der Waals surface area contributed by atoms with Crippen LogP contribution in [0.25, 0.3) is 0 Å². The highest BCUT2D eigenvalue weighted by Gasteiger charge is 2.25. The molecule has 0 atom stereocenters. The third-order valence-electron chi connectivity index (χ3n) is 2.45. The van der Waals surface area contributed by atoms with Crippen molar-refractivity contribution in [2.75, 3.05) is 11.8 Å². The van der Waals surface area contributed by atoms with E-state index < -0.39 is 0 Å². The van der Waals surface area contributed by atoms with Gasteiger partial charge in [0.05, 0.1) is 6.61 Å². The van der Waals surface area contributed by atoms with Crippen LogP contribution in [0.2, 0.25) is 0 Å². The first-order valence-corrected chi connectivity index (χ1v) is 5.48. The van der Waals surface area contributed by atoms with Crippen molar-refractivity contribution >= 4 is 12.9 Å². The average Bonchev–Trinajstić information content (AvgIpc) is 2.29. The highest BCUT2D eigenvalue weighted by Crippen LogP contribution is 2.21.